The Bertz CT molecular complexity index is 1010. The predicted octanol–water partition coefficient (Wildman–Crippen LogP) is 2.12. The minimum Gasteiger partial charge on any atom is -0.481 e. The molecule has 4 rings (SSSR count). The van der Waals surface area contributed by atoms with Crippen LogP contribution >= 0.6 is 0 Å². The number of hydrogen-bond donors (Lipinski definition) is 2. The van der Waals surface area contributed by atoms with Crippen molar-refractivity contribution in [3.8, 4) is 0 Å². The van der Waals surface area contributed by atoms with Crippen LogP contribution in [0.25, 0.3) is 0 Å². The molecule has 1 saturated carbocycles. The largest absolute Gasteiger partial charge is 0.481 e. The van der Waals surface area contributed by atoms with E-state index in [1.165, 1.54) is 23.1 Å². The Kier molecular flexibility index (Phi) is 4.66. The maximum Gasteiger partial charge on any atom is 0.311 e. The quantitative estimate of drug-likeness (QED) is 0.703. The van der Waals surface area contributed by atoms with Crippen molar-refractivity contribution in [2.75, 3.05) is 13.1 Å². The lowest BCUT2D eigenvalue weighted by atomic mass is 10.0. The van der Waals surface area contributed by atoms with Crippen molar-refractivity contribution >= 4 is 23.7 Å². The Morgan fingerprint density at radius 1 is 1.00 bits per heavy atom. The number of amides is 3. The zero-order valence-corrected chi connectivity index (χ0v) is 15.7. The second-order valence-electron chi connectivity index (χ2n) is 7.53. The van der Waals surface area contributed by atoms with Gasteiger partial charge in [0, 0.05) is 18.7 Å². The summed E-state index contributed by atoms with van der Waals surface area (Å²) in [6.45, 7) is 0.313. The summed E-state index contributed by atoms with van der Waals surface area (Å²) in [5, 5.41) is 11.8. The van der Waals surface area contributed by atoms with Crippen LogP contribution in [0.1, 0.15) is 49.5 Å². The molecule has 2 aromatic carbocycles. The van der Waals surface area contributed by atoms with Gasteiger partial charge in [0.15, 0.2) is 0 Å². The lowest BCUT2D eigenvalue weighted by molar-refractivity contribution is -0.143. The maximum atomic E-state index is 12.7. The molecule has 0 spiro atoms. The molecule has 1 aliphatic carbocycles. The number of carbonyl (C=O) groups excluding carboxylic acids is 3. The van der Waals surface area contributed by atoms with E-state index in [4.69, 9.17) is 0 Å². The van der Waals surface area contributed by atoms with Crippen LogP contribution in [-0.2, 0) is 11.2 Å². The van der Waals surface area contributed by atoms with Gasteiger partial charge < -0.3 is 10.4 Å². The molecule has 2 N–H and O–H groups in total. The fourth-order valence-corrected chi connectivity index (χ4v) is 3.49. The summed E-state index contributed by atoms with van der Waals surface area (Å²) in [6, 6.07) is 14.0. The van der Waals surface area contributed by atoms with Crippen molar-refractivity contribution in [2.45, 2.75) is 19.3 Å². The average molecular weight is 392 g/mol. The lowest BCUT2D eigenvalue weighted by Crippen LogP contribution is -2.34. The Morgan fingerprint density at radius 3 is 2.34 bits per heavy atom. The topological polar surface area (TPSA) is 104 Å². The van der Waals surface area contributed by atoms with Gasteiger partial charge in [-0.05, 0) is 43.0 Å². The second kappa shape index (κ2) is 7.16. The van der Waals surface area contributed by atoms with Crippen LogP contribution in [0.2, 0.25) is 0 Å². The third-order valence-electron chi connectivity index (χ3n) is 5.59. The molecule has 3 amide bonds. The van der Waals surface area contributed by atoms with Crippen molar-refractivity contribution in [3.05, 3.63) is 70.8 Å². The molecule has 7 heteroatoms. The number of aliphatic carboxylic acids is 1. The number of benzene rings is 2. The molecule has 7 nitrogen and oxygen atoms in total. The highest BCUT2D eigenvalue weighted by Gasteiger charge is 2.50. The summed E-state index contributed by atoms with van der Waals surface area (Å²) in [6.07, 6.45) is 1.63. The Hall–Kier alpha value is -3.48. The Morgan fingerprint density at radius 2 is 1.69 bits per heavy atom. The Balaban J connectivity index is 1.45. The molecular formula is C22H20N2O5. The SMILES string of the molecule is O=C(NCC1(C(=O)O)CC1)c1ccc2c(c1)C(=O)N(CCc1ccccc1)C2=O. The first-order valence-corrected chi connectivity index (χ1v) is 9.47. The van der Waals surface area contributed by atoms with E-state index in [0.29, 0.717) is 19.3 Å². The van der Waals surface area contributed by atoms with E-state index >= 15 is 0 Å². The minimum atomic E-state index is -0.915. The van der Waals surface area contributed by atoms with Gasteiger partial charge in [-0.15, -0.1) is 0 Å². The van der Waals surface area contributed by atoms with E-state index in [1.807, 2.05) is 30.3 Å². The van der Waals surface area contributed by atoms with Crippen molar-refractivity contribution in [3.63, 3.8) is 0 Å². The van der Waals surface area contributed by atoms with Crippen LogP contribution < -0.4 is 5.32 Å². The molecule has 29 heavy (non-hydrogen) atoms. The smallest absolute Gasteiger partial charge is 0.311 e. The van der Waals surface area contributed by atoms with Crippen molar-refractivity contribution in [2.24, 2.45) is 5.41 Å². The van der Waals surface area contributed by atoms with Crippen LogP contribution in [0, 0.1) is 5.41 Å². The molecule has 2 aromatic rings. The zero-order valence-electron chi connectivity index (χ0n) is 15.7. The molecule has 148 valence electrons. The average Bonchev–Trinajstić information content (AvgIpc) is 3.49. The van der Waals surface area contributed by atoms with Gasteiger partial charge in [0.05, 0.1) is 16.5 Å². The molecule has 2 aliphatic rings. The van der Waals surface area contributed by atoms with E-state index < -0.39 is 23.2 Å². The van der Waals surface area contributed by atoms with Gasteiger partial charge >= 0.3 is 5.97 Å². The predicted molar refractivity (Wildman–Crippen MR) is 104 cm³/mol. The van der Waals surface area contributed by atoms with Gasteiger partial charge in [-0.25, -0.2) is 0 Å². The number of nitrogens with one attached hydrogen (secondary N) is 1. The molecule has 0 bridgehead atoms. The number of nitrogens with zero attached hydrogens (tertiary/aromatic N) is 1. The second-order valence-corrected chi connectivity index (χ2v) is 7.53. The lowest BCUT2D eigenvalue weighted by Gasteiger charge is -2.13. The third kappa shape index (κ3) is 3.51. The van der Waals surface area contributed by atoms with E-state index in [9.17, 15) is 24.3 Å². The zero-order chi connectivity index (χ0) is 20.6. The first-order valence-electron chi connectivity index (χ1n) is 9.47. The number of rotatable bonds is 7. The molecule has 0 radical (unpaired) electrons. The van der Waals surface area contributed by atoms with Crippen LogP contribution in [-0.4, -0.2) is 46.8 Å². The van der Waals surface area contributed by atoms with Gasteiger partial charge in [0.25, 0.3) is 17.7 Å². The standard InChI is InChI=1S/C22H20N2O5/c25-18(23-13-22(9-10-22)21(28)29)15-6-7-16-17(12-15)20(27)24(19(16)26)11-8-14-4-2-1-3-5-14/h1-7,12H,8-11,13H2,(H,23,25)(H,28,29). The number of carboxylic acid groups (broad SMARTS) is 1. The molecule has 1 heterocycles. The van der Waals surface area contributed by atoms with Gasteiger partial charge in [0.2, 0.25) is 0 Å². The molecule has 1 aliphatic heterocycles. The van der Waals surface area contributed by atoms with Crippen LogP contribution in [0.4, 0.5) is 0 Å². The summed E-state index contributed by atoms with van der Waals surface area (Å²) in [4.78, 5) is 50.1. The van der Waals surface area contributed by atoms with E-state index in [2.05, 4.69) is 5.32 Å². The van der Waals surface area contributed by atoms with Crippen molar-refractivity contribution in [1.82, 2.24) is 10.2 Å². The van der Waals surface area contributed by atoms with Gasteiger partial charge in [-0.1, -0.05) is 30.3 Å². The van der Waals surface area contributed by atoms with E-state index in [1.54, 1.807) is 0 Å². The number of fused-ring (bicyclic) bond motifs is 1. The molecular weight excluding hydrogens is 372 g/mol. The number of carbonyl (C=O) groups is 4. The third-order valence-corrected chi connectivity index (χ3v) is 5.59. The van der Waals surface area contributed by atoms with Gasteiger partial charge in [-0.2, -0.15) is 0 Å². The highest BCUT2D eigenvalue weighted by atomic mass is 16.4. The first-order chi connectivity index (χ1) is 13.9. The fourth-order valence-electron chi connectivity index (χ4n) is 3.49. The monoisotopic (exact) mass is 392 g/mol. The van der Waals surface area contributed by atoms with Gasteiger partial charge in [0.1, 0.15) is 0 Å². The normalized spacial score (nSPS) is 16.5. The summed E-state index contributed by atoms with van der Waals surface area (Å²) in [7, 11) is 0. The summed E-state index contributed by atoms with van der Waals surface area (Å²) >= 11 is 0. The van der Waals surface area contributed by atoms with Crippen molar-refractivity contribution in [1.29, 1.82) is 0 Å². The van der Waals surface area contributed by atoms with Crippen molar-refractivity contribution < 1.29 is 24.3 Å². The fraction of sp³-hybridized carbons (Fsp3) is 0.273. The van der Waals surface area contributed by atoms with Crippen LogP contribution in [0.15, 0.2) is 48.5 Å². The summed E-state index contributed by atoms with van der Waals surface area (Å²) in [5.74, 6) is -2.15. The molecule has 1 fully saturated rings. The summed E-state index contributed by atoms with van der Waals surface area (Å²) < 4.78 is 0. The number of carboxylic acids is 1. The van der Waals surface area contributed by atoms with Crippen LogP contribution in [0.5, 0.6) is 0 Å². The molecule has 0 atom stereocenters. The highest BCUT2D eigenvalue weighted by molar-refractivity contribution is 6.22. The first kappa shape index (κ1) is 18.9. The molecule has 0 saturated heterocycles. The molecule has 0 unspecified atom stereocenters. The van der Waals surface area contributed by atoms with E-state index in [-0.39, 0.29) is 35.7 Å². The number of hydrogen-bond acceptors (Lipinski definition) is 4. The highest BCUT2D eigenvalue weighted by Crippen LogP contribution is 2.45. The summed E-state index contributed by atoms with van der Waals surface area (Å²) in [5.41, 5.74) is 0.873. The van der Waals surface area contributed by atoms with Gasteiger partial charge in [-0.3, -0.25) is 24.1 Å². The van der Waals surface area contributed by atoms with Crippen LogP contribution in [0.3, 0.4) is 0 Å². The Labute approximate surface area is 167 Å². The van der Waals surface area contributed by atoms with E-state index in [0.717, 1.165) is 5.56 Å². The maximum absolute atomic E-state index is 12.7. The number of imide groups is 1. The molecule has 0 aromatic heterocycles. The minimum absolute atomic E-state index is 0.0499.